The molecule has 28 heavy (non-hydrogen) atoms. The lowest BCUT2D eigenvalue weighted by atomic mass is 10.1. The maximum atomic E-state index is 13.1. The first-order valence-corrected chi connectivity index (χ1v) is 8.07. The molecule has 2 N–H and O–H groups in total. The number of alkyl halides is 2. The van der Waals surface area contributed by atoms with Gasteiger partial charge in [0, 0.05) is 30.1 Å². The number of rotatable bonds is 3. The predicted molar refractivity (Wildman–Crippen MR) is 92.2 cm³/mol. The van der Waals surface area contributed by atoms with Gasteiger partial charge in [-0.2, -0.15) is 0 Å². The van der Waals surface area contributed by atoms with Gasteiger partial charge in [-0.15, -0.1) is 8.78 Å². The summed E-state index contributed by atoms with van der Waals surface area (Å²) >= 11 is 0. The highest BCUT2D eigenvalue weighted by Gasteiger charge is 2.43. The van der Waals surface area contributed by atoms with Gasteiger partial charge in [-0.05, 0) is 18.2 Å². The monoisotopic (exact) mass is 384 g/mol. The second-order valence-corrected chi connectivity index (χ2v) is 5.96. The SMILES string of the molecule is O=C(Nc1nc2cc3c(cc2[nH]1)OC(F)(F)O3)c1cncc(-c2ccco2)c1. The van der Waals surface area contributed by atoms with Crippen molar-refractivity contribution < 1.29 is 27.5 Å². The Morgan fingerprint density at radius 2 is 1.96 bits per heavy atom. The number of amides is 1. The molecule has 4 aromatic rings. The average molecular weight is 384 g/mol. The molecular formula is C18H10F2N4O4. The van der Waals surface area contributed by atoms with Crippen LogP contribution in [0.25, 0.3) is 22.4 Å². The topological polar surface area (TPSA) is 102 Å². The molecule has 0 saturated carbocycles. The van der Waals surface area contributed by atoms with E-state index in [0.717, 1.165) is 0 Å². The van der Waals surface area contributed by atoms with Crippen molar-refractivity contribution >= 4 is 22.9 Å². The number of furan rings is 1. The molecule has 10 heteroatoms. The number of anilines is 1. The molecule has 140 valence electrons. The largest absolute Gasteiger partial charge is 0.586 e. The van der Waals surface area contributed by atoms with Gasteiger partial charge in [0.2, 0.25) is 5.95 Å². The van der Waals surface area contributed by atoms with Crippen molar-refractivity contribution in [1.29, 1.82) is 0 Å². The second kappa shape index (κ2) is 5.78. The van der Waals surface area contributed by atoms with Crippen LogP contribution < -0.4 is 14.8 Å². The van der Waals surface area contributed by atoms with E-state index in [1.54, 1.807) is 24.4 Å². The Bertz CT molecular complexity index is 1160. The number of imidazole rings is 1. The molecular weight excluding hydrogens is 374 g/mol. The van der Waals surface area contributed by atoms with E-state index in [4.69, 9.17) is 4.42 Å². The van der Waals surface area contributed by atoms with E-state index >= 15 is 0 Å². The summed E-state index contributed by atoms with van der Waals surface area (Å²) in [5, 5.41) is 2.61. The smallest absolute Gasteiger partial charge is 0.464 e. The average Bonchev–Trinajstić information content (AvgIpc) is 3.36. The van der Waals surface area contributed by atoms with E-state index in [1.165, 1.54) is 24.6 Å². The number of aromatic nitrogens is 3. The van der Waals surface area contributed by atoms with E-state index in [0.29, 0.717) is 27.9 Å². The molecule has 4 heterocycles. The number of ether oxygens (including phenoxy) is 2. The summed E-state index contributed by atoms with van der Waals surface area (Å²) in [5.41, 5.74) is 1.67. The van der Waals surface area contributed by atoms with Crippen LogP contribution in [0.15, 0.2) is 53.4 Å². The van der Waals surface area contributed by atoms with Crippen molar-refractivity contribution in [1.82, 2.24) is 15.0 Å². The predicted octanol–water partition coefficient (Wildman–Crippen LogP) is 3.79. The molecule has 1 aromatic carbocycles. The number of carbonyl (C=O) groups excluding carboxylic acids is 1. The Labute approximate surface area is 155 Å². The van der Waals surface area contributed by atoms with Crippen molar-refractivity contribution in [2.75, 3.05) is 5.32 Å². The third kappa shape index (κ3) is 2.80. The lowest BCUT2D eigenvalue weighted by molar-refractivity contribution is -0.286. The highest BCUT2D eigenvalue weighted by molar-refractivity contribution is 6.04. The van der Waals surface area contributed by atoms with Crippen LogP contribution in [0.1, 0.15) is 10.4 Å². The molecule has 5 rings (SSSR count). The highest BCUT2D eigenvalue weighted by Crippen LogP contribution is 2.42. The van der Waals surface area contributed by atoms with E-state index < -0.39 is 12.2 Å². The van der Waals surface area contributed by atoms with E-state index in [1.807, 2.05) is 0 Å². The first-order chi connectivity index (χ1) is 13.5. The fraction of sp³-hybridized carbons (Fsp3) is 0.0556. The molecule has 1 aliphatic heterocycles. The first kappa shape index (κ1) is 16.2. The zero-order chi connectivity index (χ0) is 19.3. The van der Waals surface area contributed by atoms with Crippen LogP contribution in [0.3, 0.4) is 0 Å². The minimum Gasteiger partial charge on any atom is -0.464 e. The molecule has 0 unspecified atom stereocenters. The minimum absolute atomic E-state index is 0.116. The third-order valence-corrected chi connectivity index (χ3v) is 4.04. The second-order valence-electron chi connectivity index (χ2n) is 5.96. The lowest BCUT2D eigenvalue weighted by Crippen LogP contribution is -2.25. The van der Waals surface area contributed by atoms with Crippen molar-refractivity contribution in [3.63, 3.8) is 0 Å². The number of H-pyrrole nitrogens is 1. The molecule has 0 bridgehead atoms. The molecule has 0 saturated heterocycles. The van der Waals surface area contributed by atoms with Crippen LogP contribution in [-0.4, -0.2) is 27.2 Å². The van der Waals surface area contributed by atoms with Crippen LogP contribution in [0.2, 0.25) is 0 Å². The summed E-state index contributed by atoms with van der Waals surface area (Å²) in [7, 11) is 0. The highest BCUT2D eigenvalue weighted by atomic mass is 19.3. The van der Waals surface area contributed by atoms with Gasteiger partial charge in [0.1, 0.15) is 5.76 Å². The number of fused-ring (bicyclic) bond motifs is 2. The van der Waals surface area contributed by atoms with Gasteiger partial charge in [-0.3, -0.25) is 15.1 Å². The molecule has 0 spiro atoms. The van der Waals surface area contributed by atoms with Gasteiger partial charge in [-0.1, -0.05) is 0 Å². The molecule has 3 aromatic heterocycles. The summed E-state index contributed by atoms with van der Waals surface area (Å²) in [6.45, 7) is 0. The van der Waals surface area contributed by atoms with Crippen LogP contribution in [0, 0.1) is 0 Å². The van der Waals surface area contributed by atoms with E-state index in [2.05, 4.69) is 29.7 Å². The van der Waals surface area contributed by atoms with Gasteiger partial charge in [-0.25, -0.2) is 4.98 Å². The summed E-state index contributed by atoms with van der Waals surface area (Å²) in [6.07, 6.45) is 0.804. The summed E-state index contributed by atoms with van der Waals surface area (Å²) in [4.78, 5) is 23.6. The molecule has 8 nitrogen and oxygen atoms in total. The Hall–Kier alpha value is -3.95. The van der Waals surface area contributed by atoms with Gasteiger partial charge in [0.15, 0.2) is 11.5 Å². The minimum atomic E-state index is -3.70. The molecule has 1 amide bonds. The number of aromatic amines is 1. The normalized spacial score (nSPS) is 14.4. The molecule has 0 aliphatic carbocycles. The quantitative estimate of drug-likeness (QED) is 0.557. The number of carbonyl (C=O) groups is 1. The number of nitrogens with zero attached hydrogens (tertiary/aromatic N) is 2. The Morgan fingerprint density at radius 3 is 2.75 bits per heavy atom. The van der Waals surface area contributed by atoms with Crippen molar-refractivity contribution in [2.24, 2.45) is 0 Å². The van der Waals surface area contributed by atoms with E-state index in [9.17, 15) is 13.6 Å². The summed E-state index contributed by atoms with van der Waals surface area (Å²) in [5.74, 6) is 0.0224. The fourth-order valence-corrected chi connectivity index (χ4v) is 2.83. The Balaban J connectivity index is 1.40. The van der Waals surface area contributed by atoms with Crippen LogP contribution in [-0.2, 0) is 0 Å². The molecule has 0 atom stereocenters. The summed E-state index contributed by atoms with van der Waals surface area (Å²) < 4.78 is 40.3. The molecule has 1 aliphatic rings. The van der Waals surface area contributed by atoms with Gasteiger partial charge >= 0.3 is 6.29 Å². The number of hydrogen-bond donors (Lipinski definition) is 2. The molecule has 0 radical (unpaired) electrons. The third-order valence-electron chi connectivity index (χ3n) is 4.04. The van der Waals surface area contributed by atoms with Crippen molar-refractivity contribution in [2.45, 2.75) is 6.29 Å². The standard InChI is InChI=1S/C18H10F2N4O4/c19-18(20)27-14-5-11-12(6-15(14)28-18)23-17(22-11)24-16(25)10-4-9(7-21-8-10)13-2-1-3-26-13/h1-8H,(H2,22,23,24,25). The maximum Gasteiger partial charge on any atom is 0.586 e. The fourth-order valence-electron chi connectivity index (χ4n) is 2.83. The van der Waals surface area contributed by atoms with Crippen molar-refractivity contribution in [3.8, 4) is 22.8 Å². The maximum absolute atomic E-state index is 13.1. The van der Waals surface area contributed by atoms with Crippen LogP contribution in [0.4, 0.5) is 14.7 Å². The number of benzene rings is 1. The number of hydrogen-bond acceptors (Lipinski definition) is 6. The van der Waals surface area contributed by atoms with Crippen molar-refractivity contribution in [3.05, 3.63) is 54.6 Å². The zero-order valence-corrected chi connectivity index (χ0v) is 13.9. The lowest BCUT2D eigenvalue weighted by Gasteiger charge is -2.04. The summed E-state index contributed by atoms with van der Waals surface area (Å²) in [6, 6.07) is 7.74. The van der Waals surface area contributed by atoms with Gasteiger partial charge in [0.25, 0.3) is 5.91 Å². The first-order valence-electron chi connectivity index (χ1n) is 8.07. The Kier molecular flexibility index (Phi) is 3.35. The van der Waals surface area contributed by atoms with Crippen LogP contribution >= 0.6 is 0 Å². The number of halogens is 2. The van der Waals surface area contributed by atoms with E-state index in [-0.39, 0.29) is 17.4 Å². The number of pyridine rings is 1. The Morgan fingerprint density at radius 1 is 1.14 bits per heavy atom. The van der Waals surface area contributed by atoms with Crippen LogP contribution in [0.5, 0.6) is 11.5 Å². The molecule has 0 fully saturated rings. The van der Waals surface area contributed by atoms with Gasteiger partial charge in [0.05, 0.1) is 22.9 Å². The number of nitrogens with one attached hydrogen (secondary N) is 2. The van der Waals surface area contributed by atoms with Gasteiger partial charge < -0.3 is 18.9 Å². The zero-order valence-electron chi connectivity index (χ0n) is 13.9.